The van der Waals surface area contributed by atoms with E-state index in [0.717, 1.165) is 5.56 Å². The topological polar surface area (TPSA) is 70.6 Å². The second-order valence-corrected chi connectivity index (χ2v) is 4.74. The molecular weight excluding hydrogens is 280 g/mol. The third kappa shape index (κ3) is 5.27. The average molecular weight is 301 g/mol. The summed E-state index contributed by atoms with van der Waals surface area (Å²) in [5.74, 6) is 0.662. The molecule has 0 saturated carbocycles. The number of hydrogen-bond acceptors (Lipinski definition) is 3. The maximum atomic E-state index is 11.7. The van der Waals surface area contributed by atoms with E-state index in [2.05, 4.69) is 10.6 Å². The van der Waals surface area contributed by atoms with Crippen LogP contribution >= 0.6 is 11.6 Å². The molecule has 1 aromatic rings. The molecular formula is C14H21ClN2O3. The van der Waals surface area contributed by atoms with E-state index in [1.54, 1.807) is 12.1 Å². The van der Waals surface area contributed by atoms with Gasteiger partial charge in [0.15, 0.2) is 0 Å². The van der Waals surface area contributed by atoms with Gasteiger partial charge in [0, 0.05) is 17.1 Å². The maximum absolute atomic E-state index is 11.7. The third-order valence-electron chi connectivity index (χ3n) is 2.82. The van der Waals surface area contributed by atoms with Gasteiger partial charge in [0.05, 0.1) is 19.3 Å². The van der Waals surface area contributed by atoms with Gasteiger partial charge in [0.25, 0.3) is 0 Å². The average Bonchev–Trinajstić information content (AvgIpc) is 2.44. The van der Waals surface area contributed by atoms with E-state index in [1.807, 2.05) is 19.9 Å². The van der Waals surface area contributed by atoms with Crippen molar-refractivity contribution in [1.82, 2.24) is 10.6 Å². The van der Waals surface area contributed by atoms with Gasteiger partial charge in [-0.3, -0.25) is 0 Å². The molecule has 0 aromatic heterocycles. The van der Waals surface area contributed by atoms with Crippen molar-refractivity contribution >= 4 is 17.6 Å². The van der Waals surface area contributed by atoms with Gasteiger partial charge in [0.1, 0.15) is 5.75 Å². The minimum atomic E-state index is -0.316. The zero-order chi connectivity index (χ0) is 15.0. The molecule has 3 N–H and O–H groups in total. The van der Waals surface area contributed by atoms with Crippen molar-refractivity contribution < 1.29 is 14.6 Å². The lowest BCUT2D eigenvalue weighted by Gasteiger charge is -2.16. The predicted molar refractivity (Wildman–Crippen MR) is 79.2 cm³/mol. The first-order valence-corrected chi connectivity index (χ1v) is 7.04. The number of carbonyl (C=O) groups excluding carboxylic acids is 1. The number of hydrogen-bond donors (Lipinski definition) is 3. The van der Waals surface area contributed by atoms with E-state index in [0.29, 0.717) is 30.3 Å². The second kappa shape index (κ2) is 8.66. The third-order valence-corrected chi connectivity index (χ3v) is 3.05. The van der Waals surface area contributed by atoms with E-state index in [4.69, 9.17) is 21.4 Å². The number of rotatable bonds is 7. The Morgan fingerprint density at radius 1 is 1.45 bits per heavy atom. The number of benzene rings is 1. The molecule has 0 radical (unpaired) electrons. The molecule has 1 unspecified atom stereocenters. The van der Waals surface area contributed by atoms with Crippen LogP contribution in [0.4, 0.5) is 4.79 Å². The van der Waals surface area contributed by atoms with Crippen LogP contribution < -0.4 is 15.4 Å². The van der Waals surface area contributed by atoms with E-state index < -0.39 is 0 Å². The van der Waals surface area contributed by atoms with Gasteiger partial charge in [0.2, 0.25) is 0 Å². The van der Waals surface area contributed by atoms with Crippen molar-refractivity contribution in [2.75, 3.05) is 13.2 Å². The van der Waals surface area contributed by atoms with E-state index >= 15 is 0 Å². The smallest absolute Gasteiger partial charge is 0.315 e. The molecule has 0 saturated heterocycles. The molecule has 1 aromatic carbocycles. The van der Waals surface area contributed by atoms with Gasteiger partial charge < -0.3 is 20.5 Å². The molecule has 1 atom stereocenters. The zero-order valence-electron chi connectivity index (χ0n) is 11.8. The van der Waals surface area contributed by atoms with E-state index in [9.17, 15) is 4.79 Å². The highest BCUT2D eigenvalue weighted by atomic mass is 35.5. The Morgan fingerprint density at radius 3 is 2.80 bits per heavy atom. The summed E-state index contributed by atoms with van der Waals surface area (Å²) >= 11 is 5.91. The molecule has 0 aliphatic heterocycles. The summed E-state index contributed by atoms with van der Waals surface area (Å²) in [5, 5.41) is 15.0. The van der Waals surface area contributed by atoms with E-state index in [-0.39, 0.29) is 18.7 Å². The van der Waals surface area contributed by atoms with Gasteiger partial charge in [-0.2, -0.15) is 0 Å². The standard InChI is InChI=1S/C14H21ClN2O3/c1-3-12(9-18)17-14(19)16-8-10-5-6-11(15)7-13(10)20-4-2/h5-7,12,18H,3-4,8-9H2,1-2H3,(H2,16,17,19). The minimum Gasteiger partial charge on any atom is -0.493 e. The van der Waals surface area contributed by atoms with Crippen LogP contribution in [-0.4, -0.2) is 30.4 Å². The fourth-order valence-corrected chi connectivity index (χ4v) is 1.82. The van der Waals surface area contributed by atoms with Crippen LogP contribution in [0.2, 0.25) is 5.02 Å². The van der Waals surface area contributed by atoms with Crippen LogP contribution in [0.15, 0.2) is 18.2 Å². The largest absolute Gasteiger partial charge is 0.493 e. The first-order chi connectivity index (χ1) is 9.60. The molecule has 112 valence electrons. The Morgan fingerprint density at radius 2 is 2.20 bits per heavy atom. The number of halogens is 1. The van der Waals surface area contributed by atoms with Gasteiger partial charge in [-0.15, -0.1) is 0 Å². The van der Waals surface area contributed by atoms with Crippen LogP contribution in [-0.2, 0) is 6.54 Å². The Hall–Kier alpha value is -1.46. The summed E-state index contributed by atoms with van der Waals surface area (Å²) in [7, 11) is 0. The Bertz CT molecular complexity index is 436. The first-order valence-electron chi connectivity index (χ1n) is 6.67. The molecule has 0 spiro atoms. The summed E-state index contributed by atoms with van der Waals surface area (Å²) in [6.07, 6.45) is 0.676. The van der Waals surface area contributed by atoms with Crippen LogP contribution in [0.5, 0.6) is 5.75 Å². The number of urea groups is 1. The SMILES string of the molecule is CCOc1cc(Cl)ccc1CNC(=O)NC(CC)CO. The molecule has 20 heavy (non-hydrogen) atoms. The van der Waals surface area contributed by atoms with Crippen molar-refractivity contribution in [2.45, 2.75) is 32.9 Å². The first kappa shape index (κ1) is 16.6. The fourth-order valence-electron chi connectivity index (χ4n) is 1.65. The minimum absolute atomic E-state index is 0.0743. The van der Waals surface area contributed by atoms with Crippen molar-refractivity contribution in [3.8, 4) is 5.75 Å². The quantitative estimate of drug-likeness (QED) is 0.723. The molecule has 0 aliphatic rings. The van der Waals surface area contributed by atoms with Gasteiger partial charge in [-0.25, -0.2) is 4.79 Å². The molecule has 0 heterocycles. The molecule has 6 heteroatoms. The molecule has 0 bridgehead atoms. The predicted octanol–water partition coefficient (Wildman–Crippen LogP) is 2.31. The lowest BCUT2D eigenvalue weighted by atomic mass is 10.2. The number of nitrogens with one attached hydrogen (secondary N) is 2. The molecule has 0 aliphatic carbocycles. The number of carbonyl (C=O) groups is 1. The summed E-state index contributed by atoms with van der Waals surface area (Å²) in [6.45, 7) is 4.57. The maximum Gasteiger partial charge on any atom is 0.315 e. The highest BCUT2D eigenvalue weighted by Crippen LogP contribution is 2.23. The lowest BCUT2D eigenvalue weighted by Crippen LogP contribution is -2.43. The van der Waals surface area contributed by atoms with Crippen LogP contribution in [0.1, 0.15) is 25.8 Å². The Kier molecular flexibility index (Phi) is 7.18. The Balaban J connectivity index is 2.58. The van der Waals surface area contributed by atoms with Crippen LogP contribution in [0.3, 0.4) is 0 Å². The van der Waals surface area contributed by atoms with Gasteiger partial charge in [-0.05, 0) is 25.5 Å². The Labute approximate surface area is 124 Å². The number of amides is 2. The summed E-state index contributed by atoms with van der Waals surface area (Å²) < 4.78 is 5.48. The van der Waals surface area contributed by atoms with Gasteiger partial charge >= 0.3 is 6.03 Å². The fraction of sp³-hybridized carbons (Fsp3) is 0.500. The highest BCUT2D eigenvalue weighted by molar-refractivity contribution is 6.30. The number of aliphatic hydroxyl groups excluding tert-OH is 1. The number of aliphatic hydroxyl groups is 1. The molecule has 1 rings (SSSR count). The van der Waals surface area contributed by atoms with Crippen molar-refractivity contribution in [2.24, 2.45) is 0 Å². The molecule has 5 nitrogen and oxygen atoms in total. The molecule has 0 fully saturated rings. The monoisotopic (exact) mass is 300 g/mol. The highest BCUT2D eigenvalue weighted by Gasteiger charge is 2.10. The van der Waals surface area contributed by atoms with Crippen LogP contribution in [0, 0.1) is 0 Å². The summed E-state index contributed by atoms with van der Waals surface area (Å²) in [5.41, 5.74) is 0.850. The normalized spacial score (nSPS) is 11.8. The summed E-state index contributed by atoms with van der Waals surface area (Å²) in [6, 6.07) is 4.75. The zero-order valence-corrected chi connectivity index (χ0v) is 12.5. The van der Waals surface area contributed by atoms with Crippen LogP contribution in [0.25, 0.3) is 0 Å². The number of ether oxygens (including phenoxy) is 1. The van der Waals surface area contributed by atoms with Crippen molar-refractivity contribution in [3.05, 3.63) is 28.8 Å². The van der Waals surface area contributed by atoms with Crippen molar-refractivity contribution in [3.63, 3.8) is 0 Å². The summed E-state index contributed by atoms with van der Waals surface area (Å²) in [4.78, 5) is 11.7. The molecule has 2 amide bonds. The van der Waals surface area contributed by atoms with Gasteiger partial charge in [-0.1, -0.05) is 24.6 Å². The van der Waals surface area contributed by atoms with Crippen molar-refractivity contribution in [1.29, 1.82) is 0 Å². The lowest BCUT2D eigenvalue weighted by molar-refractivity contribution is 0.214. The second-order valence-electron chi connectivity index (χ2n) is 4.30. The van der Waals surface area contributed by atoms with E-state index in [1.165, 1.54) is 0 Å².